The van der Waals surface area contributed by atoms with Gasteiger partial charge in [0.2, 0.25) is 0 Å². The number of likely N-dealkylation sites (tertiary alicyclic amines) is 2. The summed E-state index contributed by atoms with van der Waals surface area (Å²) in [6.07, 6.45) is 7.55. The van der Waals surface area contributed by atoms with Crippen LogP contribution in [0.5, 0.6) is 0 Å². The minimum Gasteiger partial charge on any atom is -0.316 e. The quantitative estimate of drug-likeness (QED) is 0.782. The molecule has 0 radical (unpaired) electrons. The number of rotatable bonds is 1. The van der Waals surface area contributed by atoms with E-state index >= 15 is 0 Å². The fourth-order valence-corrected chi connectivity index (χ4v) is 3.44. The maximum atomic E-state index is 12.5. The average Bonchev–Trinajstić information content (AvgIpc) is 2.82. The van der Waals surface area contributed by atoms with Crippen LogP contribution in [-0.2, 0) is 0 Å². The molecule has 0 bridgehead atoms. The van der Waals surface area contributed by atoms with E-state index in [2.05, 4.69) is 28.8 Å². The zero-order valence-corrected chi connectivity index (χ0v) is 12.3. The number of hydrogen-bond donors (Lipinski definition) is 0. The number of hydrogen-bond acceptors (Lipinski definition) is 4. The van der Waals surface area contributed by atoms with Crippen molar-refractivity contribution in [2.24, 2.45) is 0 Å². The van der Waals surface area contributed by atoms with Gasteiger partial charge in [0.25, 0.3) is 0 Å². The maximum absolute atomic E-state index is 12.5. The Hall–Kier alpha value is -1.43. The highest BCUT2D eigenvalue weighted by Gasteiger charge is 2.49. The Bertz CT molecular complexity index is 472. The molecular weight excluding hydrogens is 254 g/mol. The van der Waals surface area contributed by atoms with E-state index in [1.807, 2.05) is 4.90 Å². The third-order valence-electron chi connectivity index (χ3n) is 4.78. The first-order chi connectivity index (χ1) is 9.62. The molecule has 1 aromatic heterocycles. The summed E-state index contributed by atoms with van der Waals surface area (Å²) in [4.78, 5) is 20.9. The molecule has 3 heterocycles. The van der Waals surface area contributed by atoms with Crippen LogP contribution in [0.3, 0.4) is 0 Å². The summed E-state index contributed by atoms with van der Waals surface area (Å²) in [5.41, 5.74) is 0.0177. The van der Waals surface area contributed by atoms with Crippen molar-refractivity contribution in [1.29, 1.82) is 0 Å². The van der Waals surface area contributed by atoms with Crippen LogP contribution < -0.4 is 0 Å². The van der Waals surface area contributed by atoms with Gasteiger partial charge in [-0.15, -0.1) is 0 Å². The second kappa shape index (κ2) is 5.16. The third-order valence-corrected chi connectivity index (χ3v) is 4.78. The van der Waals surface area contributed by atoms with Crippen molar-refractivity contribution >= 4 is 6.03 Å². The Kier molecular flexibility index (Phi) is 3.50. The second-order valence-electron chi connectivity index (χ2n) is 6.27. The molecule has 1 unspecified atom stereocenters. The highest BCUT2D eigenvalue weighted by Crippen LogP contribution is 2.38. The molecule has 0 aliphatic carbocycles. The first-order valence-corrected chi connectivity index (χ1v) is 7.53. The Morgan fingerprint density at radius 1 is 1.25 bits per heavy atom. The van der Waals surface area contributed by atoms with Gasteiger partial charge in [-0.3, -0.25) is 4.90 Å². The Morgan fingerprint density at radius 2 is 2.10 bits per heavy atom. The van der Waals surface area contributed by atoms with Crippen molar-refractivity contribution in [3.05, 3.63) is 12.7 Å². The molecule has 3 rings (SSSR count). The van der Waals surface area contributed by atoms with Gasteiger partial charge in [0, 0.05) is 19.1 Å². The fraction of sp³-hybridized carbons (Fsp3) is 0.786. The smallest absolute Gasteiger partial charge is 0.316 e. The standard InChI is InChI=1S/C14H23N5O/c1-12(2)17-7-4-3-5-14(9-17)6-8-18(14)13(20)19-11-15-10-16-19/h10-12H,3-9H2,1-2H3. The van der Waals surface area contributed by atoms with Gasteiger partial charge in [0.05, 0.1) is 5.54 Å². The summed E-state index contributed by atoms with van der Waals surface area (Å²) < 4.78 is 1.35. The van der Waals surface area contributed by atoms with Crippen LogP contribution in [0.4, 0.5) is 4.79 Å². The minimum absolute atomic E-state index is 0.0177. The molecule has 1 spiro atoms. The van der Waals surface area contributed by atoms with E-state index in [1.165, 1.54) is 30.2 Å². The number of carbonyl (C=O) groups is 1. The predicted molar refractivity (Wildman–Crippen MR) is 75.4 cm³/mol. The van der Waals surface area contributed by atoms with Crippen LogP contribution in [0.1, 0.15) is 39.5 Å². The van der Waals surface area contributed by atoms with Crippen LogP contribution in [0.25, 0.3) is 0 Å². The highest BCUT2D eigenvalue weighted by atomic mass is 16.2. The lowest BCUT2D eigenvalue weighted by atomic mass is 9.80. The van der Waals surface area contributed by atoms with E-state index in [1.54, 1.807) is 0 Å². The number of carbonyl (C=O) groups excluding carboxylic acids is 1. The van der Waals surface area contributed by atoms with Gasteiger partial charge in [-0.2, -0.15) is 9.78 Å². The zero-order valence-electron chi connectivity index (χ0n) is 12.3. The van der Waals surface area contributed by atoms with Crippen molar-refractivity contribution in [2.75, 3.05) is 19.6 Å². The molecule has 0 N–H and O–H groups in total. The highest BCUT2D eigenvalue weighted by molar-refractivity contribution is 5.77. The predicted octanol–water partition coefficient (Wildman–Crippen LogP) is 1.59. The van der Waals surface area contributed by atoms with Crippen molar-refractivity contribution in [1.82, 2.24) is 24.6 Å². The van der Waals surface area contributed by atoms with Crippen molar-refractivity contribution in [3.63, 3.8) is 0 Å². The number of amides is 1. The molecule has 6 nitrogen and oxygen atoms in total. The topological polar surface area (TPSA) is 54.3 Å². The molecular formula is C14H23N5O. The molecule has 0 saturated carbocycles. The molecule has 2 aliphatic rings. The zero-order chi connectivity index (χ0) is 14.2. The van der Waals surface area contributed by atoms with Gasteiger partial charge in [-0.25, -0.2) is 9.78 Å². The lowest BCUT2D eigenvalue weighted by molar-refractivity contribution is -0.00904. The molecule has 1 amide bonds. The van der Waals surface area contributed by atoms with Crippen molar-refractivity contribution < 1.29 is 4.79 Å². The molecule has 110 valence electrons. The van der Waals surface area contributed by atoms with E-state index in [0.29, 0.717) is 6.04 Å². The van der Waals surface area contributed by atoms with Crippen LogP contribution in [0.15, 0.2) is 12.7 Å². The van der Waals surface area contributed by atoms with Crippen LogP contribution in [0.2, 0.25) is 0 Å². The average molecular weight is 277 g/mol. The largest absolute Gasteiger partial charge is 0.346 e. The maximum Gasteiger partial charge on any atom is 0.346 e. The molecule has 6 heteroatoms. The van der Waals surface area contributed by atoms with E-state index in [0.717, 1.165) is 32.5 Å². The van der Waals surface area contributed by atoms with E-state index in [-0.39, 0.29) is 11.6 Å². The Morgan fingerprint density at radius 3 is 2.70 bits per heavy atom. The summed E-state index contributed by atoms with van der Waals surface area (Å²) >= 11 is 0. The summed E-state index contributed by atoms with van der Waals surface area (Å²) in [5, 5.41) is 3.98. The van der Waals surface area contributed by atoms with E-state index in [4.69, 9.17) is 0 Å². The second-order valence-corrected chi connectivity index (χ2v) is 6.27. The molecule has 2 fully saturated rings. The Balaban J connectivity index is 1.79. The molecule has 1 aromatic rings. The molecule has 2 aliphatic heterocycles. The monoisotopic (exact) mass is 277 g/mol. The molecule has 2 saturated heterocycles. The van der Waals surface area contributed by atoms with Crippen LogP contribution >= 0.6 is 0 Å². The summed E-state index contributed by atoms with van der Waals surface area (Å²) in [6, 6.07) is 0.508. The lowest BCUT2D eigenvalue weighted by Gasteiger charge is -2.54. The first-order valence-electron chi connectivity index (χ1n) is 7.53. The fourth-order valence-electron chi connectivity index (χ4n) is 3.44. The van der Waals surface area contributed by atoms with E-state index < -0.39 is 0 Å². The summed E-state index contributed by atoms with van der Waals surface area (Å²) in [5.74, 6) is 0. The van der Waals surface area contributed by atoms with Gasteiger partial charge >= 0.3 is 6.03 Å². The minimum atomic E-state index is -0.0284. The first kappa shape index (κ1) is 13.5. The normalized spacial score (nSPS) is 27.6. The van der Waals surface area contributed by atoms with Crippen molar-refractivity contribution in [2.45, 2.75) is 51.1 Å². The third kappa shape index (κ3) is 2.22. The van der Waals surface area contributed by atoms with Crippen LogP contribution in [-0.4, -0.2) is 61.8 Å². The van der Waals surface area contributed by atoms with Gasteiger partial charge in [0.1, 0.15) is 12.7 Å². The van der Waals surface area contributed by atoms with Crippen molar-refractivity contribution in [3.8, 4) is 0 Å². The van der Waals surface area contributed by atoms with Gasteiger partial charge < -0.3 is 4.90 Å². The molecule has 1 atom stereocenters. The summed E-state index contributed by atoms with van der Waals surface area (Å²) in [7, 11) is 0. The van der Waals surface area contributed by atoms with Crippen LogP contribution in [0, 0.1) is 0 Å². The lowest BCUT2D eigenvalue weighted by Crippen LogP contribution is -2.67. The SMILES string of the molecule is CC(C)N1CCCCC2(CCN2C(=O)n2cncn2)C1. The molecule has 0 aromatic carbocycles. The number of aromatic nitrogens is 3. The van der Waals surface area contributed by atoms with Gasteiger partial charge in [-0.05, 0) is 46.1 Å². The Labute approximate surface area is 119 Å². The summed E-state index contributed by atoms with van der Waals surface area (Å²) in [6.45, 7) is 7.45. The molecule has 20 heavy (non-hydrogen) atoms. The number of nitrogens with zero attached hydrogens (tertiary/aromatic N) is 5. The van der Waals surface area contributed by atoms with Gasteiger partial charge in [-0.1, -0.05) is 0 Å². The van der Waals surface area contributed by atoms with E-state index in [9.17, 15) is 4.79 Å². The van der Waals surface area contributed by atoms with Gasteiger partial charge in [0.15, 0.2) is 0 Å².